The third-order valence-electron chi connectivity index (χ3n) is 3.45. The molecule has 5 heteroatoms. The van der Waals surface area contributed by atoms with Crippen LogP contribution in [-0.4, -0.2) is 22.5 Å². The van der Waals surface area contributed by atoms with Crippen molar-refractivity contribution in [2.45, 2.75) is 39.2 Å². The molecule has 0 radical (unpaired) electrons. The van der Waals surface area contributed by atoms with Crippen LogP contribution in [0.25, 0.3) is 11.3 Å². The minimum atomic E-state index is 0.459. The second kappa shape index (κ2) is 8.87. The van der Waals surface area contributed by atoms with Gasteiger partial charge in [-0.25, -0.2) is 9.98 Å². The molecule has 0 aliphatic heterocycles. The van der Waals surface area contributed by atoms with Gasteiger partial charge in [-0.05, 0) is 12.0 Å². The molecule has 0 atom stereocenters. The molecule has 0 fully saturated rings. The largest absolute Gasteiger partial charge is 0.370 e. The molecule has 0 aliphatic rings. The number of guanidine groups is 1. The standard InChI is InChI=1S/C17H25N5/c1-2-3-4-8-11-19-17(18)21-13-16-20-12-15(22-16)14-9-6-5-7-10-14/h5-7,9-10,12H,2-4,8,11,13H2,1H3,(H,20,22)(H3,18,19,21). The van der Waals surface area contributed by atoms with E-state index in [0.29, 0.717) is 12.5 Å². The summed E-state index contributed by atoms with van der Waals surface area (Å²) in [6.07, 6.45) is 6.70. The number of nitrogens with two attached hydrogens (primary N) is 1. The number of aromatic nitrogens is 2. The highest BCUT2D eigenvalue weighted by Crippen LogP contribution is 2.16. The molecule has 22 heavy (non-hydrogen) atoms. The first-order valence-electron chi connectivity index (χ1n) is 7.92. The van der Waals surface area contributed by atoms with Crippen LogP contribution in [0.15, 0.2) is 41.5 Å². The molecule has 118 valence electrons. The molecule has 1 aromatic heterocycles. The number of rotatable bonds is 8. The maximum absolute atomic E-state index is 5.85. The highest BCUT2D eigenvalue weighted by molar-refractivity contribution is 5.77. The van der Waals surface area contributed by atoms with Crippen LogP contribution in [0.1, 0.15) is 38.4 Å². The lowest BCUT2D eigenvalue weighted by atomic mass is 10.2. The summed E-state index contributed by atoms with van der Waals surface area (Å²) in [5, 5.41) is 3.14. The second-order valence-electron chi connectivity index (χ2n) is 5.30. The zero-order valence-electron chi connectivity index (χ0n) is 13.2. The lowest BCUT2D eigenvalue weighted by Gasteiger charge is -2.04. The Hall–Kier alpha value is -2.30. The molecule has 0 spiro atoms. The molecule has 5 nitrogen and oxygen atoms in total. The Morgan fingerprint density at radius 3 is 2.82 bits per heavy atom. The molecule has 0 aliphatic carbocycles. The number of aromatic amines is 1. The molecule has 1 aromatic carbocycles. The Balaban J connectivity index is 1.79. The third-order valence-corrected chi connectivity index (χ3v) is 3.45. The van der Waals surface area contributed by atoms with Crippen molar-refractivity contribution in [1.82, 2.24) is 15.3 Å². The fraction of sp³-hybridized carbons (Fsp3) is 0.412. The van der Waals surface area contributed by atoms with E-state index < -0.39 is 0 Å². The second-order valence-corrected chi connectivity index (χ2v) is 5.30. The van der Waals surface area contributed by atoms with Gasteiger partial charge in [0.2, 0.25) is 0 Å². The van der Waals surface area contributed by atoms with E-state index in [0.717, 1.165) is 30.0 Å². The molecule has 2 rings (SSSR count). The Morgan fingerprint density at radius 2 is 2.05 bits per heavy atom. The van der Waals surface area contributed by atoms with Gasteiger partial charge in [-0.1, -0.05) is 56.5 Å². The first kappa shape index (κ1) is 16.1. The maximum Gasteiger partial charge on any atom is 0.189 e. The van der Waals surface area contributed by atoms with Crippen LogP contribution in [0.5, 0.6) is 0 Å². The Bertz CT molecular complexity index is 574. The summed E-state index contributed by atoms with van der Waals surface area (Å²) in [5.74, 6) is 1.30. The molecular weight excluding hydrogens is 274 g/mol. The van der Waals surface area contributed by atoms with E-state index >= 15 is 0 Å². The predicted octanol–water partition coefficient (Wildman–Crippen LogP) is 3.06. The van der Waals surface area contributed by atoms with E-state index in [1.54, 1.807) is 0 Å². The van der Waals surface area contributed by atoms with Gasteiger partial charge < -0.3 is 16.0 Å². The van der Waals surface area contributed by atoms with Gasteiger partial charge in [0.05, 0.1) is 11.9 Å². The van der Waals surface area contributed by atoms with Gasteiger partial charge >= 0.3 is 0 Å². The summed E-state index contributed by atoms with van der Waals surface area (Å²) in [4.78, 5) is 11.9. The van der Waals surface area contributed by atoms with Gasteiger partial charge in [0.25, 0.3) is 0 Å². The Kier molecular flexibility index (Phi) is 6.48. The van der Waals surface area contributed by atoms with Crippen molar-refractivity contribution in [2.24, 2.45) is 10.7 Å². The fourth-order valence-corrected chi connectivity index (χ4v) is 2.19. The summed E-state index contributed by atoms with van der Waals surface area (Å²) < 4.78 is 0. The number of hydrogen-bond acceptors (Lipinski definition) is 2. The van der Waals surface area contributed by atoms with Crippen LogP contribution in [0.2, 0.25) is 0 Å². The Morgan fingerprint density at radius 1 is 1.23 bits per heavy atom. The van der Waals surface area contributed by atoms with Crippen LogP contribution in [0, 0.1) is 0 Å². The number of imidazole rings is 1. The van der Waals surface area contributed by atoms with Crippen molar-refractivity contribution in [3.63, 3.8) is 0 Å². The fourth-order valence-electron chi connectivity index (χ4n) is 2.19. The summed E-state index contributed by atoms with van der Waals surface area (Å²) in [6.45, 7) is 3.54. The van der Waals surface area contributed by atoms with E-state index in [1.807, 2.05) is 36.5 Å². The molecule has 0 unspecified atom stereocenters. The van der Waals surface area contributed by atoms with Crippen molar-refractivity contribution in [3.8, 4) is 11.3 Å². The number of nitrogens with zero attached hydrogens (tertiary/aromatic N) is 2. The normalized spacial score (nSPS) is 11.6. The number of nitrogens with one attached hydrogen (secondary N) is 2. The van der Waals surface area contributed by atoms with Crippen LogP contribution in [0.3, 0.4) is 0 Å². The predicted molar refractivity (Wildman–Crippen MR) is 91.5 cm³/mol. The minimum absolute atomic E-state index is 0.459. The van der Waals surface area contributed by atoms with Crippen LogP contribution >= 0.6 is 0 Å². The lowest BCUT2D eigenvalue weighted by Crippen LogP contribution is -2.32. The van der Waals surface area contributed by atoms with Crippen molar-refractivity contribution < 1.29 is 0 Å². The monoisotopic (exact) mass is 299 g/mol. The van der Waals surface area contributed by atoms with E-state index in [4.69, 9.17) is 5.73 Å². The van der Waals surface area contributed by atoms with E-state index in [1.165, 1.54) is 19.3 Å². The first-order valence-corrected chi connectivity index (χ1v) is 7.92. The molecule has 4 N–H and O–H groups in total. The molecule has 2 aromatic rings. The van der Waals surface area contributed by atoms with Gasteiger partial charge in [0, 0.05) is 6.54 Å². The number of hydrogen-bond donors (Lipinski definition) is 3. The van der Waals surface area contributed by atoms with Crippen molar-refractivity contribution in [2.75, 3.05) is 6.54 Å². The molecule has 0 saturated carbocycles. The van der Waals surface area contributed by atoms with Crippen molar-refractivity contribution in [3.05, 3.63) is 42.4 Å². The zero-order chi connectivity index (χ0) is 15.6. The summed E-state index contributed by atoms with van der Waals surface area (Å²) in [7, 11) is 0. The zero-order valence-corrected chi connectivity index (χ0v) is 13.2. The molecule has 0 bridgehead atoms. The number of H-pyrrole nitrogens is 1. The van der Waals surface area contributed by atoms with Gasteiger partial charge in [0.1, 0.15) is 12.4 Å². The number of aliphatic imine (C=N–C) groups is 1. The summed E-state index contributed by atoms with van der Waals surface area (Å²) >= 11 is 0. The number of benzene rings is 1. The summed E-state index contributed by atoms with van der Waals surface area (Å²) in [5.41, 5.74) is 7.97. The summed E-state index contributed by atoms with van der Waals surface area (Å²) in [6, 6.07) is 10.1. The Labute approximate surface area is 132 Å². The van der Waals surface area contributed by atoms with E-state index in [2.05, 4.69) is 27.2 Å². The topological polar surface area (TPSA) is 79.1 Å². The molecule has 0 amide bonds. The highest BCUT2D eigenvalue weighted by atomic mass is 15.1. The van der Waals surface area contributed by atoms with Gasteiger partial charge in [-0.2, -0.15) is 0 Å². The highest BCUT2D eigenvalue weighted by Gasteiger charge is 2.02. The van der Waals surface area contributed by atoms with Gasteiger partial charge in [0.15, 0.2) is 5.96 Å². The van der Waals surface area contributed by atoms with Gasteiger partial charge in [-0.15, -0.1) is 0 Å². The third kappa shape index (κ3) is 5.24. The van der Waals surface area contributed by atoms with Gasteiger partial charge in [-0.3, -0.25) is 0 Å². The maximum atomic E-state index is 5.85. The SMILES string of the molecule is CCCCCCNC(N)=NCc1ncc(-c2ccccc2)[nH]1. The average Bonchev–Trinajstić information content (AvgIpc) is 3.02. The quantitative estimate of drug-likeness (QED) is 0.398. The molecular formula is C17H25N5. The average molecular weight is 299 g/mol. The van der Waals surface area contributed by atoms with Crippen LogP contribution in [-0.2, 0) is 6.54 Å². The molecule has 1 heterocycles. The van der Waals surface area contributed by atoms with Crippen LogP contribution in [0.4, 0.5) is 0 Å². The first-order chi connectivity index (χ1) is 10.8. The van der Waals surface area contributed by atoms with Crippen molar-refractivity contribution in [1.29, 1.82) is 0 Å². The number of unbranched alkanes of at least 4 members (excludes halogenated alkanes) is 3. The van der Waals surface area contributed by atoms with E-state index in [-0.39, 0.29) is 0 Å². The van der Waals surface area contributed by atoms with Crippen LogP contribution < -0.4 is 11.1 Å². The minimum Gasteiger partial charge on any atom is -0.370 e. The molecule has 0 saturated heterocycles. The smallest absolute Gasteiger partial charge is 0.189 e. The lowest BCUT2D eigenvalue weighted by molar-refractivity contribution is 0.652. The van der Waals surface area contributed by atoms with Crippen molar-refractivity contribution >= 4 is 5.96 Å². The van der Waals surface area contributed by atoms with E-state index in [9.17, 15) is 0 Å².